The van der Waals surface area contributed by atoms with E-state index >= 15 is 0 Å². The van der Waals surface area contributed by atoms with Gasteiger partial charge in [0.25, 0.3) is 10.0 Å². The van der Waals surface area contributed by atoms with E-state index in [0.29, 0.717) is 9.50 Å². The first-order valence-electron chi connectivity index (χ1n) is 7.06. The summed E-state index contributed by atoms with van der Waals surface area (Å²) in [7, 11) is -2.60. The highest BCUT2D eigenvalue weighted by Gasteiger charge is 2.26. The molecule has 0 fully saturated rings. The zero-order valence-corrected chi connectivity index (χ0v) is 16.2. The van der Waals surface area contributed by atoms with Crippen molar-refractivity contribution in [2.75, 3.05) is 18.2 Å². The van der Waals surface area contributed by atoms with Crippen molar-refractivity contribution in [1.82, 2.24) is 14.7 Å². The first-order valence-corrected chi connectivity index (χ1v) is 10.3. The second-order valence-electron chi connectivity index (χ2n) is 4.96. The Balaban J connectivity index is 1.79. The number of methoxy groups -OCH3 is 1. The number of carbonyl (C=O) groups excluding carboxylic acids is 1. The Morgan fingerprint density at radius 2 is 2.16 bits per heavy atom. The van der Waals surface area contributed by atoms with Gasteiger partial charge >= 0.3 is 6.03 Å². The standard InChI is InChI=1S/C14H13BrN4O4S2/c1-23-11-7-10(15)16-13(17-11)18-14(20)19-25(21,22)9-4-2-3-8-5-6-24-12(8)9/h2-4,7H,5-6H2,1H3,(H2,16,17,18,19,20). The molecule has 0 saturated carbocycles. The predicted octanol–water partition coefficient (Wildman–Crippen LogP) is 2.41. The van der Waals surface area contributed by atoms with E-state index in [1.807, 2.05) is 10.8 Å². The molecule has 0 bridgehead atoms. The minimum Gasteiger partial charge on any atom is -0.481 e. The van der Waals surface area contributed by atoms with Crippen LogP contribution < -0.4 is 14.8 Å². The van der Waals surface area contributed by atoms with Gasteiger partial charge in [-0.3, -0.25) is 5.32 Å². The summed E-state index contributed by atoms with van der Waals surface area (Å²) in [5.41, 5.74) is 0.966. The maximum atomic E-state index is 12.5. The second-order valence-corrected chi connectivity index (χ2v) is 8.53. The van der Waals surface area contributed by atoms with Gasteiger partial charge in [-0.05, 0) is 34.0 Å². The number of carbonyl (C=O) groups is 1. The third-order valence-corrected chi connectivity index (χ3v) is 6.39. The SMILES string of the molecule is COc1cc(Br)nc(NC(=O)NS(=O)(=O)c2cccc3c2SCC3)n1. The van der Waals surface area contributed by atoms with Gasteiger partial charge in [0.1, 0.15) is 9.50 Å². The Hall–Kier alpha value is -1.85. The van der Waals surface area contributed by atoms with Crippen LogP contribution in [0.1, 0.15) is 5.56 Å². The molecule has 0 atom stereocenters. The smallest absolute Gasteiger partial charge is 0.335 e. The summed E-state index contributed by atoms with van der Waals surface area (Å²) in [6.45, 7) is 0. The number of sulfonamides is 1. The summed E-state index contributed by atoms with van der Waals surface area (Å²) in [6, 6.07) is 5.58. The van der Waals surface area contributed by atoms with Gasteiger partial charge in [0, 0.05) is 16.7 Å². The fraction of sp³-hybridized carbons (Fsp3) is 0.214. The minimum absolute atomic E-state index is 0.0911. The van der Waals surface area contributed by atoms with Crippen LogP contribution in [0.15, 0.2) is 38.7 Å². The molecule has 132 valence electrons. The van der Waals surface area contributed by atoms with E-state index in [4.69, 9.17) is 4.74 Å². The number of ether oxygens (including phenoxy) is 1. The van der Waals surface area contributed by atoms with Crippen LogP contribution in [-0.2, 0) is 16.4 Å². The van der Waals surface area contributed by atoms with Gasteiger partial charge in [-0.1, -0.05) is 12.1 Å². The topological polar surface area (TPSA) is 110 Å². The number of nitrogens with zero attached hydrogens (tertiary/aromatic N) is 2. The number of urea groups is 1. The highest BCUT2D eigenvalue weighted by molar-refractivity contribution is 9.10. The van der Waals surface area contributed by atoms with Crippen LogP contribution >= 0.6 is 27.7 Å². The van der Waals surface area contributed by atoms with Crippen molar-refractivity contribution in [3.8, 4) is 5.88 Å². The number of halogens is 1. The molecule has 1 aromatic carbocycles. The van der Waals surface area contributed by atoms with E-state index in [0.717, 1.165) is 17.7 Å². The molecular weight excluding hydrogens is 432 g/mol. The number of aromatic nitrogens is 2. The van der Waals surface area contributed by atoms with Crippen LogP contribution in [0.3, 0.4) is 0 Å². The third-order valence-electron chi connectivity index (χ3n) is 3.30. The fourth-order valence-electron chi connectivity index (χ4n) is 2.26. The molecule has 0 saturated heterocycles. The molecule has 0 radical (unpaired) electrons. The number of hydrogen-bond donors (Lipinski definition) is 2. The van der Waals surface area contributed by atoms with Gasteiger partial charge in [-0.25, -0.2) is 22.9 Å². The lowest BCUT2D eigenvalue weighted by molar-refractivity contribution is 0.256. The molecule has 1 aromatic heterocycles. The number of fused-ring (bicyclic) bond motifs is 1. The molecule has 0 unspecified atom stereocenters. The lowest BCUT2D eigenvalue weighted by Gasteiger charge is -2.11. The first-order chi connectivity index (χ1) is 11.9. The summed E-state index contributed by atoms with van der Waals surface area (Å²) in [5.74, 6) is 0.948. The average Bonchev–Trinajstić information content (AvgIpc) is 3.01. The highest BCUT2D eigenvalue weighted by Crippen LogP contribution is 2.36. The number of nitrogens with one attached hydrogen (secondary N) is 2. The molecular formula is C14H13BrN4O4S2. The minimum atomic E-state index is -4.01. The molecule has 11 heteroatoms. The fourth-order valence-corrected chi connectivity index (χ4v) is 5.26. The van der Waals surface area contributed by atoms with Crippen molar-refractivity contribution in [3.63, 3.8) is 0 Å². The molecule has 8 nitrogen and oxygen atoms in total. The average molecular weight is 445 g/mol. The molecule has 3 rings (SSSR count). The van der Waals surface area contributed by atoms with Gasteiger partial charge < -0.3 is 4.74 Å². The van der Waals surface area contributed by atoms with E-state index in [1.54, 1.807) is 6.07 Å². The number of thioether (sulfide) groups is 1. The Labute approximate surface area is 157 Å². The third kappa shape index (κ3) is 4.05. The number of anilines is 1. The quantitative estimate of drug-likeness (QED) is 0.696. The number of benzene rings is 1. The number of amides is 2. The zero-order valence-electron chi connectivity index (χ0n) is 12.9. The molecule has 2 N–H and O–H groups in total. The van der Waals surface area contributed by atoms with E-state index < -0.39 is 16.1 Å². The molecule has 1 aliphatic rings. The summed E-state index contributed by atoms with van der Waals surface area (Å²) in [4.78, 5) is 20.7. The van der Waals surface area contributed by atoms with E-state index in [2.05, 4.69) is 31.2 Å². The Morgan fingerprint density at radius 1 is 1.36 bits per heavy atom. The molecule has 25 heavy (non-hydrogen) atoms. The van der Waals surface area contributed by atoms with Gasteiger partial charge in [0.05, 0.1) is 7.11 Å². The Kier molecular flexibility index (Phi) is 5.16. The van der Waals surface area contributed by atoms with Gasteiger partial charge in [0.2, 0.25) is 11.8 Å². The summed E-state index contributed by atoms with van der Waals surface area (Å²) >= 11 is 4.61. The normalized spacial score (nSPS) is 13.2. The van der Waals surface area contributed by atoms with Crippen molar-refractivity contribution < 1.29 is 17.9 Å². The molecule has 2 amide bonds. The van der Waals surface area contributed by atoms with Crippen LogP contribution in [0.25, 0.3) is 0 Å². The molecule has 0 aliphatic carbocycles. The van der Waals surface area contributed by atoms with Crippen molar-refractivity contribution in [2.24, 2.45) is 0 Å². The molecule has 2 heterocycles. The van der Waals surface area contributed by atoms with Crippen molar-refractivity contribution in [3.05, 3.63) is 34.4 Å². The largest absolute Gasteiger partial charge is 0.481 e. The highest BCUT2D eigenvalue weighted by atomic mass is 79.9. The molecule has 2 aromatic rings. The van der Waals surface area contributed by atoms with E-state index in [9.17, 15) is 13.2 Å². The lowest BCUT2D eigenvalue weighted by atomic mass is 10.2. The van der Waals surface area contributed by atoms with Crippen molar-refractivity contribution >= 4 is 49.7 Å². The van der Waals surface area contributed by atoms with E-state index in [1.165, 1.54) is 31.0 Å². The first kappa shape index (κ1) is 18.0. The Bertz CT molecular complexity index is 936. The number of rotatable bonds is 4. The second kappa shape index (κ2) is 7.18. The maximum Gasteiger partial charge on any atom is 0.335 e. The maximum absolute atomic E-state index is 12.5. The van der Waals surface area contributed by atoms with E-state index in [-0.39, 0.29) is 16.7 Å². The van der Waals surface area contributed by atoms with Crippen LogP contribution in [0.2, 0.25) is 0 Å². The predicted molar refractivity (Wildman–Crippen MR) is 96.5 cm³/mol. The van der Waals surface area contributed by atoms with Crippen molar-refractivity contribution in [1.29, 1.82) is 0 Å². The molecule has 1 aliphatic heterocycles. The number of aryl methyl sites for hydroxylation is 1. The molecule has 0 spiro atoms. The van der Waals surface area contributed by atoms with Gasteiger partial charge in [-0.15, -0.1) is 11.8 Å². The Morgan fingerprint density at radius 3 is 2.92 bits per heavy atom. The summed E-state index contributed by atoms with van der Waals surface area (Å²) in [5, 5.41) is 2.28. The van der Waals surface area contributed by atoms with Crippen molar-refractivity contribution in [2.45, 2.75) is 16.2 Å². The monoisotopic (exact) mass is 444 g/mol. The van der Waals surface area contributed by atoms with Crippen LogP contribution in [0.5, 0.6) is 5.88 Å². The van der Waals surface area contributed by atoms with Crippen LogP contribution in [0, 0.1) is 0 Å². The lowest BCUT2D eigenvalue weighted by Crippen LogP contribution is -2.35. The van der Waals surface area contributed by atoms with Crippen LogP contribution in [-0.4, -0.2) is 37.3 Å². The zero-order chi connectivity index (χ0) is 18.0. The number of hydrogen-bond acceptors (Lipinski definition) is 7. The van der Waals surface area contributed by atoms with Crippen LogP contribution in [0.4, 0.5) is 10.7 Å². The van der Waals surface area contributed by atoms with Gasteiger partial charge in [-0.2, -0.15) is 4.98 Å². The summed E-state index contributed by atoms with van der Waals surface area (Å²) < 4.78 is 32.4. The summed E-state index contributed by atoms with van der Waals surface area (Å²) in [6.07, 6.45) is 0.807. The van der Waals surface area contributed by atoms with Gasteiger partial charge in [0.15, 0.2) is 0 Å².